The molecular formula is C12H11N3O4. The zero-order valence-electron chi connectivity index (χ0n) is 9.77. The monoisotopic (exact) mass is 261 g/mol. The maximum atomic E-state index is 11.6. The molecule has 19 heavy (non-hydrogen) atoms. The first kappa shape index (κ1) is 12.6. The van der Waals surface area contributed by atoms with Gasteiger partial charge in [0.05, 0.1) is 5.56 Å². The van der Waals surface area contributed by atoms with Crippen molar-refractivity contribution in [3.63, 3.8) is 0 Å². The highest BCUT2D eigenvalue weighted by Gasteiger charge is 2.08. The topological polar surface area (TPSA) is 115 Å². The summed E-state index contributed by atoms with van der Waals surface area (Å²) in [7, 11) is 0. The smallest absolute Gasteiger partial charge is 0.335 e. The number of carbonyl (C=O) groups excluding carboxylic acids is 1. The number of hydrogen-bond acceptors (Lipinski definition) is 3. The third-order valence-corrected chi connectivity index (χ3v) is 2.47. The summed E-state index contributed by atoms with van der Waals surface area (Å²) >= 11 is 0. The van der Waals surface area contributed by atoms with Crippen LogP contribution in [0.25, 0.3) is 0 Å². The molecule has 1 amide bonds. The lowest BCUT2D eigenvalue weighted by molar-refractivity contribution is 0.0696. The van der Waals surface area contributed by atoms with E-state index in [-0.39, 0.29) is 17.8 Å². The van der Waals surface area contributed by atoms with Crippen molar-refractivity contribution in [1.29, 1.82) is 0 Å². The number of H-pyrrole nitrogens is 2. The van der Waals surface area contributed by atoms with Crippen molar-refractivity contribution in [2.45, 2.75) is 6.54 Å². The number of aromatic amines is 2. The van der Waals surface area contributed by atoms with Crippen LogP contribution in [0, 0.1) is 0 Å². The minimum absolute atomic E-state index is 0.124. The van der Waals surface area contributed by atoms with E-state index in [0.717, 1.165) is 0 Å². The summed E-state index contributed by atoms with van der Waals surface area (Å²) in [6.45, 7) is 0.174. The molecule has 0 aliphatic carbocycles. The number of imidazole rings is 1. The number of aromatic carboxylic acids is 1. The fourth-order valence-corrected chi connectivity index (χ4v) is 1.55. The van der Waals surface area contributed by atoms with E-state index in [9.17, 15) is 14.4 Å². The lowest BCUT2D eigenvalue weighted by Crippen LogP contribution is -2.23. The van der Waals surface area contributed by atoms with Gasteiger partial charge in [0, 0.05) is 12.7 Å². The Labute approximate surface area is 107 Å². The predicted octanol–water partition coefficient (Wildman–Crippen LogP) is 0.331. The van der Waals surface area contributed by atoms with Crippen LogP contribution >= 0.6 is 0 Å². The minimum atomic E-state index is -1.02. The number of nitrogens with one attached hydrogen (secondary N) is 3. The third kappa shape index (κ3) is 3.09. The van der Waals surface area contributed by atoms with Crippen LogP contribution in [0.1, 0.15) is 26.4 Å². The summed E-state index contributed by atoms with van der Waals surface area (Å²) in [5.74, 6) is -1.47. The van der Waals surface area contributed by atoms with E-state index in [1.807, 2.05) is 0 Å². The molecule has 0 saturated heterocycles. The average Bonchev–Trinajstić information content (AvgIpc) is 2.83. The molecular weight excluding hydrogens is 250 g/mol. The number of benzene rings is 1. The van der Waals surface area contributed by atoms with Crippen LogP contribution in [0.3, 0.4) is 0 Å². The number of hydrogen-bond donors (Lipinski definition) is 4. The fraction of sp³-hybridized carbons (Fsp3) is 0.0833. The number of carbonyl (C=O) groups is 2. The Balaban J connectivity index is 2.02. The second-order valence-corrected chi connectivity index (χ2v) is 3.84. The van der Waals surface area contributed by atoms with E-state index < -0.39 is 17.6 Å². The van der Waals surface area contributed by atoms with Crippen molar-refractivity contribution in [3.8, 4) is 0 Å². The normalized spacial score (nSPS) is 10.1. The van der Waals surface area contributed by atoms with Crippen molar-refractivity contribution in [1.82, 2.24) is 15.3 Å². The number of carboxylic acid groups (broad SMARTS) is 1. The molecule has 4 N–H and O–H groups in total. The standard InChI is InChI=1S/C12H11N3O4/c16-10(9-6-14-12(19)15-9)13-5-7-2-1-3-8(4-7)11(17)18/h1-4,6H,5H2,(H,13,16)(H,17,18)(H2,14,15,19). The van der Waals surface area contributed by atoms with Crippen LogP contribution in [0.2, 0.25) is 0 Å². The van der Waals surface area contributed by atoms with E-state index in [4.69, 9.17) is 5.11 Å². The Kier molecular flexibility index (Phi) is 3.46. The van der Waals surface area contributed by atoms with Crippen LogP contribution in [0.5, 0.6) is 0 Å². The van der Waals surface area contributed by atoms with Crippen LogP contribution in [-0.4, -0.2) is 27.0 Å². The van der Waals surface area contributed by atoms with Gasteiger partial charge in [-0.3, -0.25) is 4.79 Å². The van der Waals surface area contributed by atoms with Gasteiger partial charge in [0.25, 0.3) is 5.91 Å². The quantitative estimate of drug-likeness (QED) is 0.634. The summed E-state index contributed by atoms with van der Waals surface area (Å²) in [6.07, 6.45) is 1.27. The van der Waals surface area contributed by atoms with Crippen molar-refractivity contribution in [3.05, 3.63) is 57.8 Å². The summed E-state index contributed by atoms with van der Waals surface area (Å²) in [6, 6.07) is 6.25. The molecule has 0 fully saturated rings. The summed E-state index contributed by atoms with van der Waals surface area (Å²) in [5, 5.41) is 11.4. The second kappa shape index (κ2) is 5.21. The molecule has 1 aromatic carbocycles. The molecule has 1 aromatic heterocycles. The Hall–Kier alpha value is -2.83. The van der Waals surface area contributed by atoms with Gasteiger partial charge in [0.15, 0.2) is 0 Å². The molecule has 0 atom stereocenters. The fourth-order valence-electron chi connectivity index (χ4n) is 1.55. The Morgan fingerprint density at radius 3 is 2.74 bits per heavy atom. The van der Waals surface area contributed by atoms with E-state index in [0.29, 0.717) is 5.56 Å². The highest BCUT2D eigenvalue weighted by molar-refractivity contribution is 5.92. The molecule has 0 aliphatic heterocycles. The zero-order chi connectivity index (χ0) is 13.8. The highest BCUT2D eigenvalue weighted by atomic mass is 16.4. The van der Waals surface area contributed by atoms with Gasteiger partial charge in [-0.1, -0.05) is 12.1 Å². The van der Waals surface area contributed by atoms with Crippen molar-refractivity contribution >= 4 is 11.9 Å². The van der Waals surface area contributed by atoms with Gasteiger partial charge in [0.2, 0.25) is 0 Å². The van der Waals surface area contributed by atoms with Gasteiger partial charge in [-0.2, -0.15) is 0 Å². The van der Waals surface area contributed by atoms with E-state index in [2.05, 4.69) is 15.3 Å². The van der Waals surface area contributed by atoms with Gasteiger partial charge in [-0.05, 0) is 17.7 Å². The molecule has 7 heteroatoms. The molecule has 0 bridgehead atoms. The number of aromatic nitrogens is 2. The lowest BCUT2D eigenvalue weighted by atomic mass is 10.1. The Morgan fingerprint density at radius 2 is 2.11 bits per heavy atom. The lowest BCUT2D eigenvalue weighted by Gasteiger charge is -2.04. The Bertz CT molecular complexity index is 671. The molecule has 0 aliphatic rings. The number of carboxylic acids is 1. The first-order chi connectivity index (χ1) is 9.06. The van der Waals surface area contributed by atoms with Crippen molar-refractivity contribution < 1.29 is 14.7 Å². The second-order valence-electron chi connectivity index (χ2n) is 3.84. The summed E-state index contributed by atoms with van der Waals surface area (Å²) in [5.41, 5.74) is 0.477. The van der Waals surface area contributed by atoms with E-state index in [1.54, 1.807) is 12.1 Å². The van der Waals surface area contributed by atoms with Gasteiger partial charge in [-0.25, -0.2) is 9.59 Å². The molecule has 0 radical (unpaired) electrons. The molecule has 98 valence electrons. The molecule has 1 heterocycles. The maximum absolute atomic E-state index is 11.6. The van der Waals surface area contributed by atoms with Crippen LogP contribution < -0.4 is 11.0 Å². The molecule has 7 nitrogen and oxygen atoms in total. The molecule has 0 unspecified atom stereocenters. The third-order valence-electron chi connectivity index (χ3n) is 2.47. The average molecular weight is 261 g/mol. The van der Waals surface area contributed by atoms with Crippen LogP contribution in [0.15, 0.2) is 35.3 Å². The summed E-state index contributed by atoms with van der Waals surface area (Å²) < 4.78 is 0. The molecule has 0 saturated carbocycles. The number of rotatable bonds is 4. The minimum Gasteiger partial charge on any atom is -0.478 e. The van der Waals surface area contributed by atoms with Crippen LogP contribution in [-0.2, 0) is 6.54 Å². The van der Waals surface area contributed by atoms with Gasteiger partial charge in [0.1, 0.15) is 5.69 Å². The van der Waals surface area contributed by atoms with E-state index >= 15 is 0 Å². The van der Waals surface area contributed by atoms with Crippen LogP contribution in [0.4, 0.5) is 0 Å². The van der Waals surface area contributed by atoms with Gasteiger partial charge >= 0.3 is 11.7 Å². The van der Waals surface area contributed by atoms with Crippen molar-refractivity contribution in [2.75, 3.05) is 0 Å². The zero-order valence-corrected chi connectivity index (χ0v) is 9.77. The van der Waals surface area contributed by atoms with Gasteiger partial charge in [-0.15, -0.1) is 0 Å². The Morgan fingerprint density at radius 1 is 1.32 bits per heavy atom. The maximum Gasteiger partial charge on any atom is 0.335 e. The summed E-state index contributed by atoms with van der Waals surface area (Å²) in [4.78, 5) is 37.9. The molecule has 0 spiro atoms. The van der Waals surface area contributed by atoms with Crippen molar-refractivity contribution in [2.24, 2.45) is 0 Å². The first-order valence-electron chi connectivity index (χ1n) is 5.44. The SMILES string of the molecule is O=C(O)c1cccc(CNC(=O)c2c[nH]c(=O)[nH]2)c1. The van der Waals surface area contributed by atoms with Gasteiger partial charge < -0.3 is 20.4 Å². The largest absolute Gasteiger partial charge is 0.478 e. The first-order valence-corrected chi connectivity index (χ1v) is 5.44. The number of amides is 1. The highest BCUT2D eigenvalue weighted by Crippen LogP contribution is 2.05. The molecule has 2 rings (SSSR count). The molecule has 2 aromatic rings. The van der Waals surface area contributed by atoms with E-state index in [1.165, 1.54) is 18.3 Å². The predicted molar refractivity (Wildman–Crippen MR) is 66.0 cm³/mol.